The van der Waals surface area contributed by atoms with Crippen LogP contribution in [-0.2, 0) is 0 Å². The van der Waals surface area contributed by atoms with Gasteiger partial charge in [0.15, 0.2) is 4.88 Å². The Labute approximate surface area is 92.2 Å². The first-order valence-corrected chi connectivity index (χ1v) is 5.41. The maximum Gasteiger partial charge on any atom is 0.351 e. The molecule has 15 heavy (non-hydrogen) atoms. The number of rotatable bonds is 6. The number of allylic oxidation sites excluding steroid dienone is 1. The molecule has 0 unspecified atom stereocenters. The summed E-state index contributed by atoms with van der Waals surface area (Å²) < 4.78 is 5.29. The molecule has 0 aliphatic rings. The van der Waals surface area contributed by atoms with E-state index in [0.717, 1.165) is 24.2 Å². The van der Waals surface area contributed by atoms with E-state index in [1.54, 1.807) is 13.0 Å². The molecule has 1 aromatic rings. The first kappa shape index (κ1) is 11.7. The van der Waals surface area contributed by atoms with Crippen molar-refractivity contribution in [2.75, 3.05) is 6.61 Å². The number of thiazole rings is 1. The molecular weight excluding hydrogens is 214 g/mol. The molecule has 0 fully saturated rings. The van der Waals surface area contributed by atoms with Gasteiger partial charge in [-0.1, -0.05) is 6.08 Å². The molecule has 0 saturated carbocycles. The van der Waals surface area contributed by atoms with Crippen molar-refractivity contribution in [1.82, 2.24) is 4.98 Å². The number of carboxylic acids is 1. The van der Waals surface area contributed by atoms with Gasteiger partial charge in [0.2, 0.25) is 5.88 Å². The van der Waals surface area contributed by atoms with Gasteiger partial charge in [-0.25, -0.2) is 9.78 Å². The van der Waals surface area contributed by atoms with Gasteiger partial charge in [0.1, 0.15) is 0 Å². The minimum absolute atomic E-state index is 0.172. The maximum absolute atomic E-state index is 10.8. The van der Waals surface area contributed by atoms with Gasteiger partial charge in [-0.3, -0.25) is 0 Å². The van der Waals surface area contributed by atoms with Crippen molar-refractivity contribution >= 4 is 17.3 Å². The van der Waals surface area contributed by atoms with Gasteiger partial charge in [0.25, 0.3) is 0 Å². The average molecular weight is 227 g/mol. The van der Waals surface area contributed by atoms with Crippen molar-refractivity contribution in [3.8, 4) is 5.88 Å². The lowest BCUT2D eigenvalue weighted by Crippen LogP contribution is -2.02. The number of aromatic nitrogens is 1. The Bertz CT molecular complexity index is 360. The first-order chi connectivity index (χ1) is 7.15. The van der Waals surface area contributed by atoms with Crippen LogP contribution in [0.25, 0.3) is 0 Å². The number of aromatic carboxylic acids is 1. The van der Waals surface area contributed by atoms with E-state index in [4.69, 9.17) is 9.84 Å². The van der Waals surface area contributed by atoms with Crippen LogP contribution in [-0.4, -0.2) is 22.7 Å². The Kier molecular flexibility index (Phi) is 4.30. The van der Waals surface area contributed by atoms with E-state index in [9.17, 15) is 4.79 Å². The fourth-order valence-corrected chi connectivity index (χ4v) is 1.74. The minimum atomic E-state index is -0.987. The summed E-state index contributed by atoms with van der Waals surface area (Å²) in [6, 6.07) is 0. The van der Waals surface area contributed by atoms with Crippen LogP contribution in [0.5, 0.6) is 5.88 Å². The van der Waals surface area contributed by atoms with Gasteiger partial charge in [0, 0.05) is 0 Å². The van der Waals surface area contributed by atoms with E-state index in [2.05, 4.69) is 11.6 Å². The molecule has 82 valence electrons. The molecule has 1 heterocycles. The van der Waals surface area contributed by atoms with E-state index >= 15 is 0 Å². The normalized spacial score (nSPS) is 9.93. The number of unbranched alkanes of at least 4 members (excludes halogenated alkanes) is 1. The molecule has 5 heteroatoms. The summed E-state index contributed by atoms with van der Waals surface area (Å²) in [5.41, 5.74) is 0. The second-order valence-electron chi connectivity index (χ2n) is 2.95. The van der Waals surface area contributed by atoms with Crippen LogP contribution in [0.2, 0.25) is 0 Å². The van der Waals surface area contributed by atoms with Crippen molar-refractivity contribution in [3.05, 3.63) is 22.5 Å². The van der Waals surface area contributed by atoms with Crippen LogP contribution in [0.3, 0.4) is 0 Å². The van der Waals surface area contributed by atoms with E-state index in [1.807, 2.05) is 0 Å². The van der Waals surface area contributed by atoms with E-state index in [0.29, 0.717) is 11.6 Å². The Hall–Kier alpha value is -1.36. The molecule has 0 aliphatic heterocycles. The van der Waals surface area contributed by atoms with Crippen molar-refractivity contribution in [1.29, 1.82) is 0 Å². The van der Waals surface area contributed by atoms with Crippen LogP contribution in [0.1, 0.15) is 27.5 Å². The molecule has 0 saturated heterocycles. The Morgan fingerprint density at radius 2 is 2.47 bits per heavy atom. The molecule has 0 aromatic carbocycles. The monoisotopic (exact) mass is 227 g/mol. The van der Waals surface area contributed by atoms with Gasteiger partial charge in [-0.15, -0.1) is 17.9 Å². The number of carboxylic acid groups (broad SMARTS) is 1. The van der Waals surface area contributed by atoms with Crippen molar-refractivity contribution in [3.63, 3.8) is 0 Å². The third-order valence-corrected chi connectivity index (χ3v) is 2.63. The summed E-state index contributed by atoms with van der Waals surface area (Å²) in [7, 11) is 0. The summed E-state index contributed by atoms with van der Waals surface area (Å²) in [4.78, 5) is 15.0. The lowest BCUT2D eigenvalue weighted by molar-refractivity contribution is 0.0697. The Morgan fingerprint density at radius 3 is 3.07 bits per heavy atom. The molecule has 0 atom stereocenters. The fraction of sp³-hybridized carbons (Fsp3) is 0.400. The highest BCUT2D eigenvalue weighted by Crippen LogP contribution is 2.24. The quantitative estimate of drug-likeness (QED) is 0.599. The van der Waals surface area contributed by atoms with Crippen LogP contribution in [0.15, 0.2) is 12.7 Å². The van der Waals surface area contributed by atoms with Crippen LogP contribution in [0, 0.1) is 6.92 Å². The third-order valence-electron chi connectivity index (χ3n) is 1.69. The number of hydrogen-bond acceptors (Lipinski definition) is 4. The fourth-order valence-electron chi connectivity index (χ4n) is 1.04. The van der Waals surface area contributed by atoms with E-state index < -0.39 is 5.97 Å². The number of aryl methyl sites for hydroxylation is 1. The maximum atomic E-state index is 10.8. The number of carbonyl (C=O) groups is 1. The molecular formula is C10H13NO3S. The zero-order chi connectivity index (χ0) is 11.3. The van der Waals surface area contributed by atoms with E-state index in [-0.39, 0.29) is 10.8 Å². The second-order valence-corrected chi connectivity index (χ2v) is 4.15. The predicted octanol–water partition coefficient (Wildman–Crippen LogP) is 2.49. The number of hydrogen-bond donors (Lipinski definition) is 1. The molecule has 1 aromatic heterocycles. The standard InChI is InChI=1S/C10H13NO3S/c1-3-4-5-6-14-9-8(10(12)13)15-7(2)11-9/h3H,1,4-6H2,2H3,(H,12,13). The molecule has 1 rings (SSSR count). The van der Waals surface area contributed by atoms with Crippen molar-refractivity contribution < 1.29 is 14.6 Å². The zero-order valence-electron chi connectivity index (χ0n) is 8.52. The lowest BCUT2D eigenvalue weighted by atomic mass is 10.3. The molecule has 0 amide bonds. The number of ether oxygens (including phenoxy) is 1. The second kappa shape index (κ2) is 5.50. The van der Waals surface area contributed by atoms with Gasteiger partial charge in [-0.05, 0) is 19.8 Å². The van der Waals surface area contributed by atoms with Crippen molar-refractivity contribution in [2.24, 2.45) is 0 Å². The molecule has 0 spiro atoms. The van der Waals surface area contributed by atoms with Crippen LogP contribution in [0.4, 0.5) is 0 Å². The van der Waals surface area contributed by atoms with Gasteiger partial charge < -0.3 is 9.84 Å². The molecule has 0 bridgehead atoms. The summed E-state index contributed by atoms with van der Waals surface area (Å²) in [5.74, 6) is -0.756. The molecule has 0 aliphatic carbocycles. The van der Waals surface area contributed by atoms with E-state index in [1.165, 1.54) is 0 Å². The largest absolute Gasteiger partial charge is 0.477 e. The van der Waals surface area contributed by atoms with Crippen LogP contribution < -0.4 is 4.74 Å². The highest BCUT2D eigenvalue weighted by Gasteiger charge is 2.16. The molecule has 1 N–H and O–H groups in total. The Morgan fingerprint density at radius 1 is 1.73 bits per heavy atom. The highest BCUT2D eigenvalue weighted by molar-refractivity contribution is 7.13. The summed E-state index contributed by atoms with van der Waals surface area (Å²) in [6.07, 6.45) is 3.47. The van der Waals surface area contributed by atoms with Gasteiger partial charge >= 0.3 is 5.97 Å². The van der Waals surface area contributed by atoms with Gasteiger partial charge in [-0.2, -0.15) is 0 Å². The number of nitrogens with zero attached hydrogens (tertiary/aromatic N) is 1. The highest BCUT2D eigenvalue weighted by atomic mass is 32.1. The van der Waals surface area contributed by atoms with Crippen LogP contribution >= 0.6 is 11.3 Å². The first-order valence-electron chi connectivity index (χ1n) is 4.59. The Balaban J connectivity index is 2.59. The summed E-state index contributed by atoms with van der Waals surface area (Å²) >= 11 is 1.13. The minimum Gasteiger partial charge on any atom is -0.477 e. The van der Waals surface area contributed by atoms with Crippen molar-refractivity contribution in [2.45, 2.75) is 19.8 Å². The third kappa shape index (κ3) is 3.36. The molecule has 4 nitrogen and oxygen atoms in total. The summed E-state index contributed by atoms with van der Waals surface area (Å²) in [5, 5.41) is 9.56. The molecule has 0 radical (unpaired) electrons. The topological polar surface area (TPSA) is 59.4 Å². The lowest BCUT2D eigenvalue weighted by Gasteiger charge is -2.01. The zero-order valence-corrected chi connectivity index (χ0v) is 9.34. The smallest absolute Gasteiger partial charge is 0.351 e. The average Bonchev–Trinajstić information content (AvgIpc) is 2.55. The summed E-state index contributed by atoms with van der Waals surface area (Å²) in [6.45, 7) is 5.82. The SMILES string of the molecule is C=CCCCOc1nc(C)sc1C(=O)O. The predicted molar refractivity (Wildman–Crippen MR) is 58.7 cm³/mol. The van der Waals surface area contributed by atoms with Gasteiger partial charge in [0.05, 0.1) is 11.6 Å².